The third-order valence-corrected chi connectivity index (χ3v) is 8.78. The van der Waals surface area contributed by atoms with Crippen molar-refractivity contribution in [2.75, 3.05) is 62.7 Å². The Morgan fingerprint density at radius 2 is 1.58 bits per heavy atom. The first-order valence-electron chi connectivity index (χ1n) is 13.6. The predicted molar refractivity (Wildman–Crippen MR) is 140 cm³/mol. The normalized spacial score (nSPS) is 28.5. The molecule has 5 rings (SSSR count). The van der Waals surface area contributed by atoms with E-state index in [2.05, 4.69) is 60.6 Å². The van der Waals surface area contributed by atoms with Crippen molar-refractivity contribution in [2.45, 2.75) is 78.2 Å². The minimum atomic E-state index is 0.375. The van der Waals surface area contributed by atoms with E-state index >= 15 is 0 Å². The Kier molecular flexibility index (Phi) is 6.46. The minimum Gasteiger partial charge on any atom is -0.380 e. The Hall–Kier alpha value is -1.26. The molecule has 0 N–H and O–H groups in total. The molecule has 4 fully saturated rings. The van der Waals surface area contributed by atoms with E-state index in [1.807, 2.05) is 7.11 Å². The summed E-state index contributed by atoms with van der Waals surface area (Å²) in [7, 11) is 1.86. The highest BCUT2D eigenvalue weighted by Gasteiger charge is 2.40. The van der Waals surface area contributed by atoms with Crippen LogP contribution in [0.3, 0.4) is 0 Å². The van der Waals surface area contributed by atoms with Gasteiger partial charge in [0.05, 0.1) is 6.10 Å². The Morgan fingerprint density at radius 1 is 0.879 bits per heavy atom. The molecule has 184 valence electrons. The van der Waals surface area contributed by atoms with Crippen molar-refractivity contribution in [3.63, 3.8) is 0 Å². The van der Waals surface area contributed by atoms with Gasteiger partial charge in [-0.2, -0.15) is 0 Å². The standard InChI is InChI=1S/C29H47N3O/c1-28(2)17-23(18-29(3,4)21-28)26-16-24(32-11-10-25(20-32)33-5)8-9-27(26)31-14-12-30(13-15-31)19-22-6-7-22/h8-9,16,22-23,25H,6-7,10-15,17-21H2,1-5H3/t25-/m0/s1. The van der Waals surface area contributed by atoms with Gasteiger partial charge in [-0.15, -0.1) is 0 Å². The molecule has 2 aliphatic carbocycles. The third kappa shape index (κ3) is 5.53. The van der Waals surface area contributed by atoms with Gasteiger partial charge in [0.2, 0.25) is 0 Å². The molecule has 0 radical (unpaired) electrons. The van der Waals surface area contributed by atoms with Crippen LogP contribution in [-0.2, 0) is 4.74 Å². The van der Waals surface area contributed by atoms with Crippen LogP contribution in [0.5, 0.6) is 0 Å². The van der Waals surface area contributed by atoms with Gasteiger partial charge in [-0.1, -0.05) is 27.7 Å². The van der Waals surface area contributed by atoms with Crippen LogP contribution in [0.4, 0.5) is 11.4 Å². The number of hydrogen-bond donors (Lipinski definition) is 0. The van der Waals surface area contributed by atoms with Gasteiger partial charge in [0, 0.05) is 64.3 Å². The number of hydrogen-bond acceptors (Lipinski definition) is 4. The molecule has 0 spiro atoms. The molecule has 33 heavy (non-hydrogen) atoms. The molecule has 1 aromatic rings. The lowest BCUT2D eigenvalue weighted by atomic mass is 9.60. The number of nitrogens with zero attached hydrogens (tertiary/aromatic N) is 3. The summed E-state index contributed by atoms with van der Waals surface area (Å²) in [4.78, 5) is 7.97. The van der Waals surface area contributed by atoms with E-state index in [9.17, 15) is 0 Å². The first-order chi connectivity index (χ1) is 15.7. The fraction of sp³-hybridized carbons (Fsp3) is 0.793. The Morgan fingerprint density at radius 3 is 2.18 bits per heavy atom. The van der Waals surface area contributed by atoms with Crippen molar-refractivity contribution in [2.24, 2.45) is 16.7 Å². The van der Waals surface area contributed by atoms with Gasteiger partial charge in [0.1, 0.15) is 0 Å². The van der Waals surface area contributed by atoms with E-state index in [0.29, 0.717) is 22.9 Å². The molecule has 2 heterocycles. The summed E-state index contributed by atoms with van der Waals surface area (Å²) in [5, 5.41) is 0. The van der Waals surface area contributed by atoms with Gasteiger partial charge >= 0.3 is 0 Å². The highest BCUT2D eigenvalue weighted by Crippen LogP contribution is 2.53. The van der Waals surface area contributed by atoms with Crippen molar-refractivity contribution >= 4 is 11.4 Å². The number of piperazine rings is 1. The van der Waals surface area contributed by atoms with Crippen LogP contribution in [-0.4, -0.2) is 63.9 Å². The summed E-state index contributed by atoms with van der Waals surface area (Å²) in [5.74, 6) is 1.64. The smallest absolute Gasteiger partial charge is 0.0762 e. The van der Waals surface area contributed by atoms with E-state index < -0.39 is 0 Å². The molecule has 4 nitrogen and oxygen atoms in total. The van der Waals surface area contributed by atoms with Crippen LogP contribution in [0.2, 0.25) is 0 Å². The minimum absolute atomic E-state index is 0.375. The molecule has 1 aromatic carbocycles. The van der Waals surface area contributed by atoms with Gasteiger partial charge in [0.15, 0.2) is 0 Å². The monoisotopic (exact) mass is 453 g/mol. The maximum absolute atomic E-state index is 5.67. The molecule has 2 aliphatic heterocycles. The molecular weight excluding hydrogens is 406 g/mol. The number of methoxy groups -OCH3 is 1. The average molecular weight is 454 g/mol. The highest BCUT2D eigenvalue weighted by atomic mass is 16.5. The molecule has 0 bridgehead atoms. The van der Waals surface area contributed by atoms with Gasteiger partial charge in [-0.3, -0.25) is 4.90 Å². The topological polar surface area (TPSA) is 19.0 Å². The van der Waals surface area contributed by atoms with Crippen molar-refractivity contribution < 1.29 is 4.74 Å². The van der Waals surface area contributed by atoms with Crippen LogP contribution in [0, 0.1) is 16.7 Å². The third-order valence-electron chi connectivity index (χ3n) is 8.78. The molecule has 0 amide bonds. The average Bonchev–Trinajstić information content (AvgIpc) is 3.44. The van der Waals surface area contributed by atoms with Crippen LogP contribution in [0.25, 0.3) is 0 Å². The van der Waals surface area contributed by atoms with E-state index in [1.165, 1.54) is 76.2 Å². The van der Waals surface area contributed by atoms with E-state index in [-0.39, 0.29) is 0 Å². The molecular formula is C29H47N3O. The van der Waals surface area contributed by atoms with Crippen LogP contribution in [0.15, 0.2) is 18.2 Å². The Balaban J connectivity index is 1.41. The zero-order chi connectivity index (χ0) is 23.2. The van der Waals surface area contributed by atoms with Crippen LogP contribution >= 0.6 is 0 Å². The Labute approximate surface area is 202 Å². The largest absolute Gasteiger partial charge is 0.380 e. The van der Waals surface area contributed by atoms with Gasteiger partial charge in [-0.05, 0) is 85.0 Å². The summed E-state index contributed by atoms with van der Waals surface area (Å²) in [6.07, 6.45) is 8.36. The van der Waals surface area contributed by atoms with Crippen LogP contribution in [0.1, 0.15) is 77.7 Å². The molecule has 4 aliphatic rings. The number of benzene rings is 1. The van der Waals surface area contributed by atoms with Gasteiger partial charge in [-0.25, -0.2) is 0 Å². The second-order valence-corrected chi connectivity index (χ2v) is 13.2. The first kappa shape index (κ1) is 23.5. The van der Waals surface area contributed by atoms with Gasteiger partial charge < -0.3 is 14.5 Å². The molecule has 2 saturated carbocycles. The molecule has 0 unspecified atom stereocenters. The summed E-state index contributed by atoms with van der Waals surface area (Å²) in [6.45, 7) is 18.2. The molecule has 0 aromatic heterocycles. The first-order valence-corrected chi connectivity index (χ1v) is 13.6. The quantitative estimate of drug-likeness (QED) is 0.545. The second kappa shape index (κ2) is 9.07. The zero-order valence-corrected chi connectivity index (χ0v) is 21.9. The Bertz CT molecular complexity index is 806. The van der Waals surface area contributed by atoms with Crippen molar-refractivity contribution in [1.29, 1.82) is 0 Å². The molecule has 2 saturated heterocycles. The van der Waals surface area contributed by atoms with E-state index in [4.69, 9.17) is 4.74 Å². The molecule has 4 heteroatoms. The SMILES string of the molecule is CO[C@H]1CCN(c2ccc(N3CCN(CC4CC4)CC3)c(C3CC(C)(C)CC(C)(C)C3)c2)C1. The number of rotatable bonds is 6. The zero-order valence-electron chi connectivity index (χ0n) is 21.9. The lowest BCUT2D eigenvalue weighted by molar-refractivity contribution is 0.0970. The van der Waals surface area contributed by atoms with E-state index in [0.717, 1.165) is 25.4 Å². The summed E-state index contributed by atoms with van der Waals surface area (Å²) in [5.41, 5.74) is 5.34. The fourth-order valence-corrected chi connectivity index (χ4v) is 7.41. The number of ether oxygens (including phenoxy) is 1. The fourth-order valence-electron chi connectivity index (χ4n) is 7.41. The predicted octanol–water partition coefficient (Wildman–Crippen LogP) is 5.76. The number of anilines is 2. The summed E-state index contributed by atoms with van der Waals surface area (Å²) in [6, 6.07) is 7.44. The lowest BCUT2D eigenvalue weighted by Gasteiger charge is -2.46. The summed E-state index contributed by atoms with van der Waals surface area (Å²) >= 11 is 0. The molecule has 1 atom stereocenters. The lowest BCUT2D eigenvalue weighted by Crippen LogP contribution is -2.47. The van der Waals surface area contributed by atoms with E-state index in [1.54, 1.807) is 5.56 Å². The van der Waals surface area contributed by atoms with Gasteiger partial charge in [0.25, 0.3) is 0 Å². The maximum atomic E-state index is 5.67. The van der Waals surface area contributed by atoms with Crippen molar-refractivity contribution in [3.05, 3.63) is 23.8 Å². The van der Waals surface area contributed by atoms with Crippen molar-refractivity contribution in [3.8, 4) is 0 Å². The second-order valence-electron chi connectivity index (χ2n) is 13.2. The summed E-state index contributed by atoms with van der Waals surface area (Å²) < 4.78 is 5.67. The van der Waals surface area contributed by atoms with Crippen LogP contribution < -0.4 is 9.80 Å². The highest BCUT2D eigenvalue weighted by molar-refractivity contribution is 5.64. The van der Waals surface area contributed by atoms with Crippen molar-refractivity contribution in [1.82, 2.24) is 4.90 Å². The maximum Gasteiger partial charge on any atom is 0.0762 e.